The number of anilines is 2. The lowest BCUT2D eigenvalue weighted by Gasteiger charge is -2.50. The molecule has 9 nitrogen and oxygen atoms in total. The molecule has 3 aromatic rings. The monoisotopic (exact) mass is 781 g/mol. The molecule has 0 spiro atoms. The summed E-state index contributed by atoms with van der Waals surface area (Å²) in [4.78, 5) is 29.7. The zero-order valence-electron chi connectivity index (χ0n) is 24.9. The average Bonchev–Trinajstić information content (AvgIpc) is 3.03. The molecule has 2 aliphatic rings. The van der Waals surface area contributed by atoms with Crippen LogP contribution in [-0.4, -0.2) is 69.1 Å². The van der Waals surface area contributed by atoms with E-state index in [2.05, 4.69) is 74.2 Å². The Hall–Kier alpha value is -3.67. The zero-order chi connectivity index (χ0) is 34.8. The van der Waals surface area contributed by atoms with Crippen molar-refractivity contribution in [1.29, 1.82) is 0 Å². The van der Waals surface area contributed by atoms with Gasteiger partial charge >= 0.3 is 24.3 Å². The number of nitrogens with two attached hydrogens (primary N) is 1. The number of halogens is 7. The third-order valence-electron chi connectivity index (χ3n) is 7.89. The summed E-state index contributed by atoms with van der Waals surface area (Å²) in [6.07, 6.45) is -1.45. The van der Waals surface area contributed by atoms with E-state index in [1.807, 2.05) is 30.5 Å². The van der Waals surface area contributed by atoms with Crippen molar-refractivity contribution in [1.82, 2.24) is 9.97 Å². The number of rotatable bonds is 5. The molecule has 0 amide bonds. The van der Waals surface area contributed by atoms with E-state index >= 15 is 0 Å². The van der Waals surface area contributed by atoms with Gasteiger partial charge < -0.3 is 26.2 Å². The molecule has 0 radical (unpaired) electrons. The van der Waals surface area contributed by atoms with Gasteiger partial charge in [0.05, 0.1) is 5.69 Å². The molecule has 5 N–H and O–H groups in total. The number of nitrogens with one attached hydrogen (secondary N) is 1. The maximum atomic E-state index is 10.6. The van der Waals surface area contributed by atoms with Crippen LogP contribution in [0.3, 0.4) is 0 Å². The molecule has 1 aliphatic carbocycles. The van der Waals surface area contributed by atoms with Crippen molar-refractivity contribution in [3.63, 3.8) is 0 Å². The van der Waals surface area contributed by atoms with Crippen molar-refractivity contribution in [3.05, 3.63) is 70.4 Å². The minimum atomic E-state index is -5.08. The van der Waals surface area contributed by atoms with Crippen LogP contribution in [0.15, 0.2) is 66.9 Å². The van der Waals surface area contributed by atoms with Crippen LogP contribution in [-0.2, 0) is 9.59 Å². The van der Waals surface area contributed by atoms with Gasteiger partial charge in [-0.15, -0.1) is 0 Å². The lowest BCUT2D eigenvalue weighted by Crippen LogP contribution is -2.64. The van der Waals surface area contributed by atoms with E-state index in [4.69, 9.17) is 30.5 Å². The average molecular weight is 782 g/mol. The highest BCUT2D eigenvalue weighted by molar-refractivity contribution is 14.1. The van der Waals surface area contributed by atoms with Crippen LogP contribution >= 0.6 is 22.6 Å². The quantitative estimate of drug-likeness (QED) is 0.159. The van der Waals surface area contributed by atoms with Gasteiger partial charge in [0.15, 0.2) is 0 Å². The van der Waals surface area contributed by atoms with E-state index in [0.717, 1.165) is 37.2 Å². The maximum Gasteiger partial charge on any atom is 0.490 e. The molecule has 0 bridgehead atoms. The third-order valence-corrected chi connectivity index (χ3v) is 8.61. The molecule has 2 unspecified atom stereocenters. The zero-order valence-corrected chi connectivity index (χ0v) is 27.1. The standard InChI is InChI=1S/C27H32IN5.2C2HF3O2/c28-22-11-13-23(14-12-22)33-18-6-9-21(19-33)27(29)16-5-4-10-25(27)32-26-30-17-15-24(31-26)20-7-2-1-3-8-20;2*3-2(4,5)1(6)7/h1-3,7-8,11-15,17,21,25H,4-6,9-10,16,18-19,29H2,(H,30,31,32);2*(H,6,7)/t21-,25?,27?;;/m0../s1. The molecular weight excluding hydrogens is 747 g/mol. The Morgan fingerprint density at radius 1 is 0.894 bits per heavy atom. The minimum absolute atomic E-state index is 0.180. The fourth-order valence-corrected chi connectivity index (χ4v) is 5.93. The van der Waals surface area contributed by atoms with Crippen molar-refractivity contribution >= 4 is 46.2 Å². The topological polar surface area (TPSA) is 142 Å². The summed E-state index contributed by atoms with van der Waals surface area (Å²) in [5, 5.41) is 17.9. The summed E-state index contributed by atoms with van der Waals surface area (Å²) in [6.45, 7) is 2.12. The van der Waals surface area contributed by atoms with Gasteiger partial charge in [-0.2, -0.15) is 26.3 Å². The summed E-state index contributed by atoms with van der Waals surface area (Å²) in [5.74, 6) is -4.39. The predicted octanol–water partition coefficient (Wildman–Crippen LogP) is 6.98. The third kappa shape index (κ3) is 11.2. The van der Waals surface area contributed by atoms with Gasteiger partial charge in [-0.1, -0.05) is 43.2 Å². The predicted molar refractivity (Wildman–Crippen MR) is 172 cm³/mol. The number of benzene rings is 2. The van der Waals surface area contributed by atoms with Crippen molar-refractivity contribution in [3.8, 4) is 11.3 Å². The molecule has 3 atom stereocenters. The number of alkyl halides is 6. The summed E-state index contributed by atoms with van der Waals surface area (Å²) in [6, 6.07) is 21.3. The number of nitrogens with zero attached hydrogens (tertiary/aromatic N) is 3. The van der Waals surface area contributed by atoms with Crippen molar-refractivity contribution in [2.75, 3.05) is 23.3 Å². The van der Waals surface area contributed by atoms with E-state index < -0.39 is 24.3 Å². The fraction of sp³-hybridized carbons (Fsp3) is 0.419. The first-order chi connectivity index (χ1) is 22.0. The molecule has 1 saturated carbocycles. The number of aliphatic carboxylic acids is 2. The van der Waals surface area contributed by atoms with Gasteiger partial charge in [0.25, 0.3) is 0 Å². The molecule has 2 fully saturated rings. The molecule has 2 aromatic carbocycles. The Bertz CT molecular complexity index is 1440. The maximum absolute atomic E-state index is 10.6. The normalized spacial score (nSPS) is 21.3. The molecular formula is C31H34F6IN5O4. The summed E-state index contributed by atoms with van der Waals surface area (Å²) in [7, 11) is 0. The lowest BCUT2D eigenvalue weighted by molar-refractivity contribution is -0.193. The molecule has 256 valence electrons. The van der Waals surface area contributed by atoms with Gasteiger partial charge in [0, 0.05) is 45.7 Å². The summed E-state index contributed by atoms with van der Waals surface area (Å²) in [5.41, 5.74) is 10.4. The highest BCUT2D eigenvalue weighted by atomic mass is 127. The Balaban J connectivity index is 0.000000360. The van der Waals surface area contributed by atoms with Crippen LogP contribution in [0.25, 0.3) is 11.3 Å². The molecule has 47 heavy (non-hydrogen) atoms. The van der Waals surface area contributed by atoms with Gasteiger partial charge in [-0.3, -0.25) is 0 Å². The molecule has 5 rings (SSSR count). The highest BCUT2D eigenvalue weighted by Gasteiger charge is 2.45. The first kappa shape index (κ1) is 37.8. The van der Waals surface area contributed by atoms with Gasteiger partial charge in [-0.25, -0.2) is 19.6 Å². The van der Waals surface area contributed by atoms with Crippen LogP contribution in [0, 0.1) is 9.49 Å². The number of carbonyl (C=O) groups is 2. The molecule has 16 heteroatoms. The smallest absolute Gasteiger partial charge is 0.475 e. The minimum Gasteiger partial charge on any atom is -0.475 e. The van der Waals surface area contributed by atoms with Crippen molar-refractivity contribution < 1.29 is 46.1 Å². The Kier molecular flexibility index (Phi) is 13.2. The van der Waals surface area contributed by atoms with E-state index in [1.54, 1.807) is 0 Å². The molecule has 1 aliphatic heterocycles. The number of carboxylic acids is 2. The van der Waals surface area contributed by atoms with Crippen LogP contribution < -0.4 is 16.0 Å². The van der Waals surface area contributed by atoms with Gasteiger partial charge in [0.1, 0.15) is 0 Å². The molecule has 2 heterocycles. The van der Waals surface area contributed by atoms with Crippen LogP contribution in [0.5, 0.6) is 0 Å². The molecule has 1 saturated heterocycles. The first-order valence-corrected chi connectivity index (χ1v) is 15.6. The van der Waals surface area contributed by atoms with E-state index in [1.165, 1.54) is 34.9 Å². The van der Waals surface area contributed by atoms with Crippen LogP contribution in [0.4, 0.5) is 38.0 Å². The number of piperidine rings is 1. The Labute approximate surface area is 280 Å². The number of hydrogen-bond acceptors (Lipinski definition) is 7. The second-order valence-electron chi connectivity index (χ2n) is 11.1. The van der Waals surface area contributed by atoms with Crippen LogP contribution in [0.2, 0.25) is 0 Å². The number of hydrogen-bond donors (Lipinski definition) is 4. The van der Waals surface area contributed by atoms with Gasteiger partial charge in [0.2, 0.25) is 5.95 Å². The highest BCUT2D eigenvalue weighted by Crippen LogP contribution is 2.39. The largest absolute Gasteiger partial charge is 0.490 e. The second-order valence-corrected chi connectivity index (χ2v) is 12.3. The van der Waals surface area contributed by atoms with E-state index in [0.29, 0.717) is 11.9 Å². The Morgan fingerprint density at radius 2 is 1.49 bits per heavy atom. The second kappa shape index (κ2) is 16.4. The SMILES string of the molecule is NC1([C@H]2CCCN(c3ccc(I)cc3)C2)CCCCC1Nc1nccc(-c2ccccc2)n1.O=C(O)C(F)(F)F.O=C(O)C(F)(F)F. The van der Waals surface area contributed by atoms with Crippen molar-refractivity contribution in [2.24, 2.45) is 11.7 Å². The number of carboxylic acid groups (broad SMARTS) is 2. The van der Waals surface area contributed by atoms with Crippen LogP contribution in [0.1, 0.15) is 38.5 Å². The first-order valence-electron chi connectivity index (χ1n) is 14.6. The van der Waals surface area contributed by atoms with Crippen molar-refractivity contribution in [2.45, 2.75) is 62.5 Å². The van der Waals surface area contributed by atoms with Gasteiger partial charge in [-0.05, 0) is 84.5 Å². The fourth-order valence-electron chi connectivity index (χ4n) is 5.57. The number of aromatic nitrogens is 2. The Morgan fingerprint density at radius 3 is 2.06 bits per heavy atom. The lowest BCUT2D eigenvalue weighted by atomic mass is 9.67. The molecule has 1 aromatic heterocycles. The summed E-state index contributed by atoms with van der Waals surface area (Å²) >= 11 is 2.37. The van der Waals surface area contributed by atoms with E-state index in [9.17, 15) is 26.3 Å². The summed E-state index contributed by atoms with van der Waals surface area (Å²) < 4.78 is 64.7. The van der Waals surface area contributed by atoms with E-state index in [-0.39, 0.29) is 11.6 Å².